The van der Waals surface area contributed by atoms with Crippen LogP contribution < -0.4 is 5.73 Å². The molecule has 2 nitrogen and oxygen atoms in total. The molecule has 0 saturated heterocycles. The topological polar surface area (TPSA) is 43.1 Å². The molecule has 0 spiro atoms. The number of carbonyl (C=O) groups is 1. The Morgan fingerprint density at radius 3 is 2.38 bits per heavy atom. The van der Waals surface area contributed by atoms with E-state index in [1.165, 1.54) is 0 Å². The molecule has 88 valence electrons. The van der Waals surface area contributed by atoms with Crippen LogP contribution in [0, 0.1) is 11.6 Å². The lowest BCUT2D eigenvalue weighted by Gasteiger charge is -2.09. The summed E-state index contributed by atoms with van der Waals surface area (Å²) in [4.78, 5) is 11.6. The molecule has 0 saturated carbocycles. The van der Waals surface area contributed by atoms with E-state index in [1.807, 2.05) is 6.92 Å². The maximum atomic E-state index is 12.8. The van der Waals surface area contributed by atoms with Crippen molar-refractivity contribution in [1.29, 1.82) is 0 Å². The van der Waals surface area contributed by atoms with Crippen LogP contribution in [0.15, 0.2) is 18.2 Å². The predicted octanol–water partition coefficient (Wildman–Crippen LogP) is 2.20. The normalized spacial score (nSPS) is 12.5. The van der Waals surface area contributed by atoms with E-state index in [-0.39, 0.29) is 12.2 Å². The lowest BCUT2D eigenvalue weighted by molar-refractivity contribution is -0.119. The van der Waals surface area contributed by atoms with Crippen molar-refractivity contribution in [3.8, 4) is 0 Å². The second kappa shape index (κ2) is 5.70. The van der Waals surface area contributed by atoms with Crippen LogP contribution in [0.1, 0.15) is 25.3 Å². The Hall–Kier alpha value is -1.29. The monoisotopic (exact) mass is 227 g/mol. The Morgan fingerprint density at radius 1 is 1.31 bits per heavy atom. The van der Waals surface area contributed by atoms with Crippen molar-refractivity contribution in [2.24, 2.45) is 5.73 Å². The van der Waals surface area contributed by atoms with Crippen LogP contribution in [0.3, 0.4) is 0 Å². The molecule has 0 aliphatic carbocycles. The minimum absolute atomic E-state index is 0.0180. The van der Waals surface area contributed by atoms with E-state index < -0.39 is 17.7 Å². The lowest BCUT2D eigenvalue weighted by Crippen LogP contribution is -2.31. The van der Waals surface area contributed by atoms with Crippen LogP contribution in [0.25, 0.3) is 0 Å². The quantitative estimate of drug-likeness (QED) is 0.838. The van der Waals surface area contributed by atoms with Gasteiger partial charge in [-0.3, -0.25) is 4.79 Å². The third-order valence-electron chi connectivity index (χ3n) is 2.31. The molecule has 0 heterocycles. The van der Waals surface area contributed by atoms with Gasteiger partial charge in [0.1, 0.15) is 11.6 Å². The summed E-state index contributed by atoms with van der Waals surface area (Å²) in [5.41, 5.74) is 5.94. The summed E-state index contributed by atoms with van der Waals surface area (Å²) >= 11 is 0. The lowest BCUT2D eigenvalue weighted by atomic mass is 10.0. The molecule has 0 amide bonds. The highest BCUT2D eigenvalue weighted by Crippen LogP contribution is 2.10. The van der Waals surface area contributed by atoms with Gasteiger partial charge in [-0.2, -0.15) is 0 Å². The van der Waals surface area contributed by atoms with Crippen LogP contribution in [-0.2, 0) is 11.2 Å². The van der Waals surface area contributed by atoms with Crippen molar-refractivity contribution in [3.05, 3.63) is 35.4 Å². The third-order valence-corrected chi connectivity index (χ3v) is 2.31. The van der Waals surface area contributed by atoms with Gasteiger partial charge in [-0.1, -0.05) is 13.3 Å². The molecule has 0 radical (unpaired) electrons. The Morgan fingerprint density at radius 2 is 1.88 bits per heavy atom. The van der Waals surface area contributed by atoms with Crippen molar-refractivity contribution in [1.82, 2.24) is 0 Å². The molecule has 1 atom stereocenters. The van der Waals surface area contributed by atoms with E-state index in [4.69, 9.17) is 5.73 Å². The Bertz CT molecular complexity index is 359. The number of nitrogens with two attached hydrogens (primary N) is 1. The Kier molecular flexibility index (Phi) is 4.55. The molecular weight excluding hydrogens is 212 g/mol. The van der Waals surface area contributed by atoms with E-state index in [0.29, 0.717) is 12.0 Å². The SMILES string of the molecule is CCCC(N)C(=O)Cc1cc(F)cc(F)c1. The first-order valence-corrected chi connectivity index (χ1v) is 5.26. The Labute approximate surface area is 93.5 Å². The molecule has 1 aromatic carbocycles. The minimum atomic E-state index is -0.674. The summed E-state index contributed by atoms with van der Waals surface area (Å²) in [6, 6.07) is 2.54. The smallest absolute Gasteiger partial charge is 0.153 e. The number of ketones is 1. The number of halogens is 2. The zero-order valence-corrected chi connectivity index (χ0v) is 9.17. The fourth-order valence-corrected chi connectivity index (χ4v) is 1.52. The highest BCUT2D eigenvalue weighted by Gasteiger charge is 2.13. The standard InChI is InChI=1S/C12H15F2NO/c1-2-3-11(15)12(16)6-8-4-9(13)7-10(14)5-8/h4-5,7,11H,2-3,6,15H2,1H3. The zero-order chi connectivity index (χ0) is 12.1. The number of rotatable bonds is 5. The van der Waals surface area contributed by atoms with Crippen molar-refractivity contribution in [2.75, 3.05) is 0 Å². The minimum Gasteiger partial charge on any atom is -0.321 e. The Balaban J connectivity index is 2.69. The molecule has 0 bridgehead atoms. The van der Waals surface area contributed by atoms with Crippen molar-refractivity contribution in [3.63, 3.8) is 0 Å². The fraction of sp³-hybridized carbons (Fsp3) is 0.417. The van der Waals surface area contributed by atoms with Gasteiger partial charge >= 0.3 is 0 Å². The maximum absolute atomic E-state index is 12.8. The van der Waals surface area contributed by atoms with Gasteiger partial charge in [-0.15, -0.1) is 0 Å². The van der Waals surface area contributed by atoms with Gasteiger partial charge in [-0.05, 0) is 24.1 Å². The molecule has 1 unspecified atom stereocenters. The highest BCUT2D eigenvalue weighted by molar-refractivity contribution is 5.85. The molecule has 16 heavy (non-hydrogen) atoms. The number of benzene rings is 1. The summed E-state index contributed by atoms with van der Waals surface area (Å²) in [7, 11) is 0. The van der Waals surface area contributed by atoms with Gasteiger partial charge in [0, 0.05) is 12.5 Å². The van der Waals surface area contributed by atoms with Gasteiger partial charge in [0.15, 0.2) is 5.78 Å². The fourth-order valence-electron chi connectivity index (χ4n) is 1.52. The van der Waals surface area contributed by atoms with Crippen molar-refractivity contribution < 1.29 is 13.6 Å². The van der Waals surface area contributed by atoms with E-state index in [2.05, 4.69) is 0 Å². The van der Waals surface area contributed by atoms with E-state index in [1.54, 1.807) is 0 Å². The molecule has 0 aromatic heterocycles. The molecule has 1 aromatic rings. The van der Waals surface area contributed by atoms with Crippen LogP contribution >= 0.6 is 0 Å². The van der Waals surface area contributed by atoms with Gasteiger partial charge < -0.3 is 5.73 Å². The van der Waals surface area contributed by atoms with Gasteiger partial charge in [-0.25, -0.2) is 8.78 Å². The summed E-state index contributed by atoms with van der Waals surface area (Å²) in [6.07, 6.45) is 1.39. The molecular formula is C12H15F2NO. The first-order valence-electron chi connectivity index (χ1n) is 5.26. The second-order valence-corrected chi connectivity index (χ2v) is 3.82. The van der Waals surface area contributed by atoms with E-state index >= 15 is 0 Å². The van der Waals surface area contributed by atoms with Gasteiger partial charge in [0.05, 0.1) is 6.04 Å². The molecule has 1 rings (SSSR count). The number of Topliss-reactive ketones (excluding diaryl/α,β-unsaturated/α-hetero) is 1. The molecule has 0 aliphatic rings. The molecule has 0 aliphatic heterocycles. The largest absolute Gasteiger partial charge is 0.321 e. The average molecular weight is 227 g/mol. The van der Waals surface area contributed by atoms with Gasteiger partial charge in [0.2, 0.25) is 0 Å². The van der Waals surface area contributed by atoms with Crippen LogP contribution in [0.2, 0.25) is 0 Å². The summed E-state index contributed by atoms with van der Waals surface area (Å²) < 4.78 is 25.7. The van der Waals surface area contributed by atoms with Crippen molar-refractivity contribution >= 4 is 5.78 Å². The van der Waals surface area contributed by atoms with Crippen molar-refractivity contribution in [2.45, 2.75) is 32.2 Å². The first kappa shape index (κ1) is 12.8. The number of hydrogen-bond acceptors (Lipinski definition) is 2. The maximum Gasteiger partial charge on any atom is 0.153 e. The summed E-state index contributed by atoms with van der Waals surface area (Å²) in [5.74, 6) is -1.54. The zero-order valence-electron chi connectivity index (χ0n) is 9.17. The van der Waals surface area contributed by atoms with E-state index in [0.717, 1.165) is 24.6 Å². The molecule has 2 N–H and O–H groups in total. The van der Waals surface area contributed by atoms with Crippen LogP contribution in [-0.4, -0.2) is 11.8 Å². The van der Waals surface area contributed by atoms with Gasteiger partial charge in [0.25, 0.3) is 0 Å². The number of carbonyl (C=O) groups excluding carboxylic acids is 1. The summed E-state index contributed by atoms with van der Waals surface area (Å²) in [5, 5.41) is 0. The first-order chi connectivity index (χ1) is 7.52. The second-order valence-electron chi connectivity index (χ2n) is 3.82. The number of hydrogen-bond donors (Lipinski definition) is 1. The molecule has 4 heteroatoms. The third kappa shape index (κ3) is 3.70. The van der Waals surface area contributed by atoms with Crippen LogP contribution in [0.4, 0.5) is 8.78 Å². The summed E-state index contributed by atoms with van der Waals surface area (Å²) in [6.45, 7) is 1.93. The molecule has 0 fully saturated rings. The van der Waals surface area contributed by atoms with Crippen LogP contribution in [0.5, 0.6) is 0 Å². The highest BCUT2D eigenvalue weighted by atomic mass is 19.1. The van der Waals surface area contributed by atoms with E-state index in [9.17, 15) is 13.6 Å². The predicted molar refractivity (Wildman–Crippen MR) is 58.0 cm³/mol. The average Bonchev–Trinajstić information content (AvgIpc) is 2.16.